The molecule has 1 atom stereocenters. The molecule has 0 saturated carbocycles. The summed E-state index contributed by atoms with van der Waals surface area (Å²) >= 11 is 0. The zero-order chi connectivity index (χ0) is 23.0. The lowest BCUT2D eigenvalue weighted by Crippen LogP contribution is -2.46. The van der Waals surface area contributed by atoms with Gasteiger partial charge < -0.3 is 15.6 Å². The molecule has 1 aromatic carbocycles. The summed E-state index contributed by atoms with van der Waals surface area (Å²) in [5.74, 6) is 6.56. The topological polar surface area (TPSA) is 97.0 Å². The molecule has 2 aliphatic rings. The van der Waals surface area contributed by atoms with Gasteiger partial charge in [-0.25, -0.2) is 4.98 Å². The first-order valence-corrected chi connectivity index (χ1v) is 11.3. The van der Waals surface area contributed by atoms with Crippen molar-refractivity contribution in [2.24, 2.45) is 18.2 Å². The third-order valence-electron chi connectivity index (χ3n) is 7.13. The van der Waals surface area contributed by atoms with Crippen LogP contribution < -0.4 is 21.8 Å². The number of fused-ring (bicyclic) bond motifs is 1. The minimum atomic E-state index is -0.165. The molecule has 1 fully saturated rings. The molecule has 168 valence electrons. The second kappa shape index (κ2) is 8.38. The molecule has 33 heavy (non-hydrogen) atoms. The van der Waals surface area contributed by atoms with E-state index in [0.29, 0.717) is 17.9 Å². The standard InChI is InChI=1S/C26H27N5O2/c1-30-24(33)20(7-4-5-18-9-12-28-22(32)15-18)17-29-25(30)31-13-10-26(11-14-31)16-19-6-2-3-8-21(19)23(26)27/h2-3,6,8-9,12,15,17,23H,5,10-11,13-14,16,27H2,1H3,(H,28,32)/t23-/m1/s1. The lowest BCUT2D eigenvalue weighted by atomic mass is 9.73. The van der Waals surface area contributed by atoms with Crippen LogP contribution in [-0.4, -0.2) is 27.6 Å². The van der Waals surface area contributed by atoms with Crippen molar-refractivity contribution in [2.75, 3.05) is 18.0 Å². The summed E-state index contributed by atoms with van der Waals surface area (Å²) in [6.45, 7) is 1.63. The molecule has 3 N–H and O–H groups in total. The fraction of sp³-hybridized carbons (Fsp3) is 0.346. The Hall–Kier alpha value is -3.63. The van der Waals surface area contributed by atoms with Crippen molar-refractivity contribution < 1.29 is 0 Å². The summed E-state index contributed by atoms with van der Waals surface area (Å²) in [6.07, 6.45) is 6.50. The number of H-pyrrole nitrogens is 1. The van der Waals surface area contributed by atoms with Gasteiger partial charge >= 0.3 is 0 Å². The Morgan fingerprint density at radius 2 is 2.00 bits per heavy atom. The van der Waals surface area contributed by atoms with Gasteiger partial charge in [0.2, 0.25) is 11.5 Å². The maximum atomic E-state index is 12.9. The Balaban J connectivity index is 1.30. The highest BCUT2D eigenvalue weighted by Gasteiger charge is 2.46. The Kier molecular flexibility index (Phi) is 5.39. The summed E-state index contributed by atoms with van der Waals surface area (Å²) in [4.78, 5) is 33.6. The largest absolute Gasteiger partial charge is 0.342 e. The third-order valence-corrected chi connectivity index (χ3v) is 7.13. The smallest absolute Gasteiger partial charge is 0.270 e. The van der Waals surface area contributed by atoms with Crippen LogP contribution in [0.15, 0.2) is 58.4 Å². The molecular weight excluding hydrogens is 414 g/mol. The average Bonchev–Trinajstić information content (AvgIpc) is 3.09. The molecule has 1 aliphatic carbocycles. The van der Waals surface area contributed by atoms with E-state index in [1.165, 1.54) is 17.2 Å². The highest BCUT2D eigenvalue weighted by molar-refractivity contribution is 5.41. The highest BCUT2D eigenvalue weighted by Crippen LogP contribution is 2.50. The SMILES string of the molecule is Cn1c(N2CCC3(CC2)Cc2ccccc2[C@H]3N)ncc(C#CCc2cc[nH]c(=O)c2)c1=O. The van der Waals surface area contributed by atoms with Crippen molar-refractivity contribution in [3.63, 3.8) is 0 Å². The Bertz CT molecular complexity index is 1370. The van der Waals surface area contributed by atoms with E-state index in [0.717, 1.165) is 37.9 Å². The summed E-state index contributed by atoms with van der Waals surface area (Å²) in [5, 5.41) is 0. The number of benzene rings is 1. The Labute approximate surface area is 192 Å². The second-order valence-corrected chi connectivity index (χ2v) is 9.08. The van der Waals surface area contributed by atoms with Gasteiger partial charge in [0.05, 0.1) is 6.20 Å². The van der Waals surface area contributed by atoms with Gasteiger partial charge in [0.15, 0.2) is 0 Å². The molecule has 5 rings (SSSR count). The number of rotatable bonds is 2. The molecule has 0 amide bonds. The van der Waals surface area contributed by atoms with Gasteiger partial charge in [-0.1, -0.05) is 36.1 Å². The zero-order valence-corrected chi connectivity index (χ0v) is 18.7. The van der Waals surface area contributed by atoms with Crippen molar-refractivity contribution in [2.45, 2.75) is 31.7 Å². The molecule has 0 radical (unpaired) electrons. The Morgan fingerprint density at radius 3 is 2.76 bits per heavy atom. The van der Waals surface area contributed by atoms with Crippen molar-refractivity contribution in [3.05, 3.63) is 91.8 Å². The molecule has 7 heteroatoms. The van der Waals surface area contributed by atoms with E-state index in [2.05, 4.69) is 51.0 Å². The molecule has 1 aliphatic heterocycles. The molecule has 0 unspecified atom stereocenters. The van der Waals surface area contributed by atoms with Crippen LogP contribution >= 0.6 is 0 Å². The van der Waals surface area contributed by atoms with Crippen molar-refractivity contribution in [1.29, 1.82) is 0 Å². The summed E-state index contributed by atoms with van der Waals surface area (Å²) in [7, 11) is 1.74. The van der Waals surface area contributed by atoms with E-state index in [-0.39, 0.29) is 22.6 Å². The van der Waals surface area contributed by atoms with Crippen LogP contribution in [0.3, 0.4) is 0 Å². The van der Waals surface area contributed by atoms with Crippen LogP contribution in [0.2, 0.25) is 0 Å². The van der Waals surface area contributed by atoms with Gasteiger partial charge in [0.25, 0.3) is 5.56 Å². The maximum Gasteiger partial charge on any atom is 0.270 e. The molecule has 3 heterocycles. The molecule has 2 aromatic heterocycles. The molecule has 3 aromatic rings. The third kappa shape index (κ3) is 3.87. The van der Waals surface area contributed by atoms with Gasteiger partial charge in [-0.15, -0.1) is 0 Å². The van der Waals surface area contributed by atoms with Gasteiger partial charge in [-0.2, -0.15) is 0 Å². The van der Waals surface area contributed by atoms with Crippen molar-refractivity contribution in [1.82, 2.24) is 14.5 Å². The predicted octanol–water partition coefficient (Wildman–Crippen LogP) is 1.91. The van der Waals surface area contributed by atoms with Gasteiger partial charge in [0, 0.05) is 44.9 Å². The first-order valence-electron chi connectivity index (χ1n) is 11.3. The molecular formula is C26H27N5O2. The fourth-order valence-electron chi connectivity index (χ4n) is 5.21. The van der Waals surface area contributed by atoms with E-state index in [4.69, 9.17) is 5.73 Å². The predicted molar refractivity (Wildman–Crippen MR) is 128 cm³/mol. The number of piperidine rings is 1. The lowest BCUT2D eigenvalue weighted by Gasteiger charge is -2.42. The molecule has 7 nitrogen and oxygen atoms in total. The average molecular weight is 442 g/mol. The van der Waals surface area contributed by atoms with Crippen LogP contribution in [0, 0.1) is 17.3 Å². The summed E-state index contributed by atoms with van der Waals surface area (Å²) in [5.41, 5.74) is 10.3. The fourth-order valence-corrected chi connectivity index (χ4v) is 5.21. The van der Waals surface area contributed by atoms with Crippen molar-refractivity contribution in [3.8, 4) is 11.8 Å². The number of aromatic nitrogens is 3. The number of pyridine rings is 1. The van der Waals surface area contributed by atoms with Gasteiger partial charge in [0.1, 0.15) is 5.56 Å². The van der Waals surface area contributed by atoms with E-state index >= 15 is 0 Å². The van der Waals surface area contributed by atoms with E-state index in [1.54, 1.807) is 30.1 Å². The Morgan fingerprint density at radius 1 is 1.21 bits per heavy atom. The number of nitrogens with one attached hydrogen (secondary N) is 1. The van der Waals surface area contributed by atoms with Crippen molar-refractivity contribution >= 4 is 5.95 Å². The highest BCUT2D eigenvalue weighted by atomic mass is 16.1. The number of aromatic amines is 1. The maximum absolute atomic E-state index is 12.9. The number of nitrogens with two attached hydrogens (primary N) is 1. The second-order valence-electron chi connectivity index (χ2n) is 9.08. The normalized spacial score (nSPS) is 18.6. The van der Waals surface area contributed by atoms with E-state index in [1.807, 2.05) is 0 Å². The van der Waals surface area contributed by atoms with Gasteiger partial charge in [-0.05, 0) is 47.4 Å². The van der Waals surface area contributed by atoms with E-state index in [9.17, 15) is 9.59 Å². The quantitative estimate of drug-likeness (QED) is 0.592. The first kappa shape index (κ1) is 21.2. The van der Waals surface area contributed by atoms with Crippen LogP contribution in [0.25, 0.3) is 0 Å². The molecule has 1 spiro atoms. The number of nitrogens with zero attached hydrogens (tertiary/aromatic N) is 3. The summed E-state index contributed by atoms with van der Waals surface area (Å²) < 4.78 is 1.58. The number of hydrogen-bond acceptors (Lipinski definition) is 5. The van der Waals surface area contributed by atoms with Crippen LogP contribution in [0.5, 0.6) is 0 Å². The minimum absolute atomic E-state index is 0.0606. The number of anilines is 1. The summed E-state index contributed by atoms with van der Waals surface area (Å²) in [6, 6.07) is 11.9. The minimum Gasteiger partial charge on any atom is -0.342 e. The zero-order valence-electron chi connectivity index (χ0n) is 18.7. The molecule has 1 saturated heterocycles. The van der Waals surface area contributed by atoms with Crippen LogP contribution in [0.1, 0.15) is 41.1 Å². The van der Waals surface area contributed by atoms with Crippen LogP contribution in [-0.2, 0) is 19.9 Å². The molecule has 0 bridgehead atoms. The van der Waals surface area contributed by atoms with Gasteiger partial charge in [-0.3, -0.25) is 14.2 Å². The van der Waals surface area contributed by atoms with E-state index < -0.39 is 0 Å². The van der Waals surface area contributed by atoms with Crippen LogP contribution in [0.4, 0.5) is 5.95 Å². The lowest BCUT2D eigenvalue weighted by molar-refractivity contribution is 0.186. The number of hydrogen-bond donors (Lipinski definition) is 2. The first-order chi connectivity index (χ1) is 16.0. The monoisotopic (exact) mass is 441 g/mol.